The third-order valence-corrected chi connectivity index (χ3v) is 3.92. The second-order valence-electron chi connectivity index (χ2n) is 4.22. The van der Waals surface area contributed by atoms with E-state index >= 15 is 0 Å². The molecule has 0 saturated carbocycles. The quantitative estimate of drug-likeness (QED) is 0.903. The van der Waals surface area contributed by atoms with Crippen molar-refractivity contribution in [2.45, 2.75) is 13.8 Å². The second kappa shape index (κ2) is 6.07. The van der Waals surface area contributed by atoms with Gasteiger partial charge in [0.1, 0.15) is 0 Å². The number of anilines is 2. The third kappa shape index (κ3) is 3.37. The Kier molecular flexibility index (Phi) is 4.42. The van der Waals surface area contributed by atoms with Crippen molar-refractivity contribution in [3.8, 4) is 0 Å². The first kappa shape index (κ1) is 14.6. The van der Waals surface area contributed by atoms with Gasteiger partial charge in [0.15, 0.2) is 0 Å². The number of rotatable bonds is 3. The molecule has 0 fully saturated rings. The molecule has 0 saturated heterocycles. The van der Waals surface area contributed by atoms with Gasteiger partial charge in [-0.25, -0.2) is 0 Å². The molecule has 0 aliphatic heterocycles. The minimum Gasteiger partial charge on any atom is -0.326 e. The second-order valence-corrected chi connectivity index (χ2v) is 5.93. The zero-order valence-corrected chi connectivity index (χ0v) is 12.6. The SMILES string of the molecule is CC(=O)Nc1cccc(NC(=O)c2ccc(Cl)s2)c1C. The van der Waals surface area contributed by atoms with E-state index < -0.39 is 0 Å². The molecule has 0 bridgehead atoms. The first-order valence-electron chi connectivity index (χ1n) is 5.91. The van der Waals surface area contributed by atoms with E-state index in [9.17, 15) is 9.59 Å². The van der Waals surface area contributed by atoms with E-state index in [0.29, 0.717) is 20.6 Å². The van der Waals surface area contributed by atoms with Crippen LogP contribution in [0.5, 0.6) is 0 Å². The van der Waals surface area contributed by atoms with Crippen LogP contribution in [-0.2, 0) is 4.79 Å². The van der Waals surface area contributed by atoms with Gasteiger partial charge < -0.3 is 10.6 Å². The fraction of sp³-hybridized carbons (Fsp3) is 0.143. The molecule has 4 nitrogen and oxygen atoms in total. The molecule has 6 heteroatoms. The summed E-state index contributed by atoms with van der Waals surface area (Å²) in [7, 11) is 0. The number of thiophene rings is 1. The Morgan fingerprint density at radius 3 is 2.30 bits per heavy atom. The van der Waals surface area contributed by atoms with Crippen LogP contribution in [0.25, 0.3) is 0 Å². The zero-order valence-electron chi connectivity index (χ0n) is 11.0. The van der Waals surface area contributed by atoms with Gasteiger partial charge in [-0.15, -0.1) is 11.3 Å². The van der Waals surface area contributed by atoms with Gasteiger partial charge in [-0.05, 0) is 36.8 Å². The fourth-order valence-corrected chi connectivity index (χ4v) is 2.65. The van der Waals surface area contributed by atoms with Gasteiger partial charge in [-0.1, -0.05) is 17.7 Å². The lowest BCUT2D eigenvalue weighted by molar-refractivity contribution is -0.114. The number of carbonyl (C=O) groups is 2. The molecule has 1 aromatic heterocycles. The van der Waals surface area contributed by atoms with Gasteiger partial charge in [-0.3, -0.25) is 9.59 Å². The molecular weight excluding hydrogens is 296 g/mol. The van der Waals surface area contributed by atoms with Crippen molar-refractivity contribution in [1.29, 1.82) is 0 Å². The lowest BCUT2D eigenvalue weighted by Crippen LogP contribution is -2.13. The van der Waals surface area contributed by atoms with Crippen molar-refractivity contribution < 1.29 is 9.59 Å². The van der Waals surface area contributed by atoms with E-state index in [1.165, 1.54) is 18.3 Å². The van der Waals surface area contributed by atoms with Gasteiger partial charge in [0.25, 0.3) is 5.91 Å². The molecule has 0 radical (unpaired) electrons. The highest BCUT2D eigenvalue weighted by Crippen LogP contribution is 2.26. The van der Waals surface area contributed by atoms with Crippen LogP contribution in [0.15, 0.2) is 30.3 Å². The molecular formula is C14H13ClN2O2S. The van der Waals surface area contributed by atoms with Gasteiger partial charge in [-0.2, -0.15) is 0 Å². The van der Waals surface area contributed by atoms with Crippen molar-refractivity contribution in [3.05, 3.63) is 45.1 Å². The molecule has 0 unspecified atom stereocenters. The van der Waals surface area contributed by atoms with Crippen molar-refractivity contribution in [2.24, 2.45) is 0 Å². The fourth-order valence-electron chi connectivity index (χ4n) is 1.72. The van der Waals surface area contributed by atoms with Crippen LogP contribution in [0.2, 0.25) is 4.34 Å². The van der Waals surface area contributed by atoms with Crippen LogP contribution < -0.4 is 10.6 Å². The van der Waals surface area contributed by atoms with Crippen molar-refractivity contribution in [1.82, 2.24) is 0 Å². The molecule has 104 valence electrons. The van der Waals surface area contributed by atoms with E-state index in [4.69, 9.17) is 11.6 Å². The van der Waals surface area contributed by atoms with E-state index in [-0.39, 0.29) is 11.8 Å². The van der Waals surface area contributed by atoms with Gasteiger partial charge in [0, 0.05) is 18.3 Å². The van der Waals surface area contributed by atoms with Gasteiger partial charge in [0.05, 0.1) is 9.21 Å². The number of amides is 2. The van der Waals surface area contributed by atoms with Crippen LogP contribution >= 0.6 is 22.9 Å². The maximum Gasteiger partial charge on any atom is 0.265 e. The predicted molar refractivity (Wildman–Crippen MR) is 82.8 cm³/mol. The first-order valence-corrected chi connectivity index (χ1v) is 7.10. The standard InChI is InChI=1S/C14H13ClN2O2S/c1-8-10(16-9(2)18)4-3-5-11(8)17-14(19)12-6-7-13(15)20-12/h3-7H,1-2H3,(H,16,18)(H,17,19). The maximum atomic E-state index is 12.1. The molecule has 0 atom stereocenters. The summed E-state index contributed by atoms with van der Waals surface area (Å²) in [5.74, 6) is -0.369. The minimum absolute atomic E-state index is 0.151. The minimum atomic E-state index is -0.218. The summed E-state index contributed by atoms with van der Waals surface area (Å²) in [4.78, 5) is 23.7. The molecule has 0 spiro atoms. The maximum absolute atomic E-state index is 12.1. The Labute approximate surface area is 125 Å². The highest BCUT2D eigenvalue weighted by molar-refractivity contribution is 7.18. The first-order chi connectivity index (χ1) is 9.47. The molecule has 1 heterocycles. The predicted octanol–water partition coefficient (Wildman–Crippen LogP) is 3.92. The number of hydrogen-bond donors (Lipinski definition) is 2. The Morgan fingerprint density at radius 2 is 1.75 bits per heavy atom. The van der Waals surface area contributed by atoms with Crippen LogP contribution in [0.1, 0.15) is 22.2 Å². The smallest absolute Gasteiger partial charge is 0.265 e. The third-order valence-electron chi connectivity index (χ3n) is 2.69. The number of benzene rings is 1. The summed E-state index contributed by atoms with van der Waals surface area (Å²) in [6.07, 6.45) is 0. The molecule has 2 N–H and O–H groups in total. The molecule has 20 heavy (non-hydrogen) atoms. The highest BCUT2D eigenvalue weighted by Gasteiger charge is 2.12. The Morgan fingerprint density at radius 1 is 1.10 bits per heavy atom. The molecule has 2 amide bonds. The monoisotopic (exact) mass is 308 g/mol. The summed E-state index contributed by atoms with van der Waals surface area (Å²) < 4.78 is 0.568. The molecule has 2 aromatic rings. The topological polar surface area (TPSA) is 58.2 Å². The zero-order chi connectivity index (χ0) is 14.7. The lowest BCUT2D eigenvalue weighted by Gasteiger charge is -2.12. The number of nitrogens with one attached hydrogen (secondary N) is 2. The molecule has 2 rings (SSSR count). The van der Waals surface area contributed by atoms with E-state index in [0.717, 1.165) is 5.56 Å². The normalized spacial score (nSPS) is 10.2. The van der Waals surface area contributed by atoms with Crippen LogP contribution in [-0.4, -0.2) is 11.8 Å². The Bertz CT molecular complexity index is 667. The molecule has 0 aliphatic rings. The molecule has 0 aliphatic carbocycles. The summed E-state index contributed by atoms with van der Waals surface area (Å²) in [5.41, 5.74) is 2.14. The Hall–Kier alpha value is -1.85. The molecule has 1 aromatic carbocycles. The van der Waals surface area contributed by atoms with Crippen molar-refractivity contribution in [2.75, 3.05) is 10.6 Å². The number of carbonyl (C=O) groups excluding carboxylic acids is 2. The van der Waals surface area contributed by atoms with Crippen molar-refractivity contribution in [3.63, 3.8) is 0 Å². The summed E-state index contributed by atoms with van der Waals surface area (Å²) in [6, 6.07) is 8.70. The average molecular weight is 309 g/mol. The van der Waals surface area contributed by atoms with Crippen LogP contribution in [0.3, 0.4) is 0 Å². The van der Waals surface area contributed by atoms with Crippen LogP contribution in [0.4, 0.5) is 11.4 Å². The number of halogens is 1. The summed E-state index contributed by atoms with van der Waals surface area (Å²) in [6.45, 7) is 3.28. The van der Waals surface area contributed by atoms with Crippen LogP contribution in [0, 0.1) is 6.92 Å². The van der Waals surface area contributed by atoms with Gasteiger partial charge in [0.2, 0.25) is 5.91 Å². The largest absolute Gasteiger partial charge is 0.326 e. The number of hydrogen-bond acceptors (Lipinski definition) is 3. The van der Waals surface area contributed by atoms with E-state index in [2.05, 4.69) is 10.6 Å². The Balaban J connectivity index is 2.21. The van der Waals surface area contributed by atoms with E-state index in [1.54, 1.807) is 30.3 Å². The lowest BCUT2D eigenvalue weighted by atomic mass is 10.1. The average Bonchev–Trinajstić information content (AvgIpc) is 2.80. The summed E-state index contributed by atoms with van der Waals surface area (Å²) in [5, 5.41) is 5.54. The summed E-state index contributed by atoms with van der Waals surface area (Å²) >= 11 is 7.03. The van der Waals surface area contributed by atoms with E-state index in [1.807, 2.05) is 6.92 Å². The van der Waals surface area contributed by atoms with Crippen molar-refractivity contribution >= 4 is 46.1 Å². The van der Waals surface area contributed by atoms with Gasteiger partial charge >= 0.3 is 0 Å². The highest BCUT2D eigenvalue weighted by atomic mass is 35.5.